The molecule has 164 valence electrons. The average Bonchev–Trinajstić information content (AvgIpc) is 3.35. The molecule has 0 radical (unpaired) electrons. The second kappa shape index (κ2) is 9.19. The molecule has 0 aliphatic carbocycles. The van der Waals surface area contributed by atoms with Gasteiger partial charge in [-0.2, -0.15) is 5.10 Å². The summed E-state index contributed by atoms with van der Waals surface area (Å²) in [6.07, 6.45) is 0. The monoisotopic (exact) mass is 453 g/mol. The largest absolute Gasteiger partial charge is 0.492 e. The number of nitrogens with one attached hydrogen (secondary N) is 1. The van der Waals surface area contributed by atoms with Crippen molar-refractivity contribution in [3.8, 4) is 11.4 Å². The lowest BCUT2D eigenvalue weighted by molar-refractivity contribution is -0.119. The first-order valence-corrected chi connectivity index (χ1v) is 10.7. The summed E-state index contributed by atoms with van der Waals surface area (Å²) in [4.78, 5) is 25.9. The molecule has 4 rings (SSSR count). The molecule has 2 aromatic heterocycles. The van der Waals surface area contributed by atoms with Gasteiger partial charge >= 0.3 is 5.97 Å². The van der Waals surface area contributed by atoms with Crippen LogP contribution in [-0.4, -0.2) is 34.9 Å². The zero-order valence-electron chi connectivity index (χ0n) is 17.4. The van der Waals surface area contributed by atoms with Gasteiger partial charge < -0.3 is 14.8 Å². The smallest absolute Gasteiger partial charge is 0.348 e. The quantitative estimate of drug-likeness (QED) is 0.409. The Labute approximate surface area is 187 Å². The van der Waals surface area contributed by atoms with E-state index in [1.807, 2.05) is 13.8 Å². The summed E-state index contributed by atoms with van der Waals surface area (Å²) in [7, 11) is 0. The minimum atomic E-state index is -0.607. The number of carbonyl (C=O) groups is 2. The molecule has 0 aliphatic rings. The van der Waals surface area contributed by atoms with Gasteiger partial charge in [-0.25, -0.2) is 13.9 Å². The van der Waals surface area contributed by atoms with Crippen LogP contribution in [0.4, 0.5) is 10.1 Å². The van der Waals surface area contributed by atoms with Gasteiger partial charge in [0.15, 0.2) is 6.61 Å². The highest BCUT2D eigenvalue weighted by molar-refractivity contribution is 7.20. The number of para-hydroxylation sites is 2. The lowest BCUT2D eigenvalue weighted by Gasteiger charge is -2.11. The number of hydrogen-bond donors (Lipinski definition) is 1. The van der Waals surface area contributed by atoms with E-state index in [1.165, 1.54) is 23.5 Å². The number of halogens is 1. The van der Waals surface area contributed by atoms with Crippen LogP contribution in [-0.2, 0) is 9.53 Å². The number of carbonyl (C=O) groups excluding carboxylic acids is 2. The molecule has 2 aromatic carbocycles. The predicted octanol–water partition coefficient (Wildman–Crippen LogP) is 4.73. The van der Waals surface area contributed by atoms with Crippen molar-refractivity contribution in [3.05, 3.63) is 71.0 Å². The number of thiophene rings is 1. The van der Waals surface area contributed by atoms with E-state index in [4.69, 9.17) is 9.47 Å². The van der Waals surface area contributed by atoms with Crippen molar-refractivity contribution in [2.75, 3.05) is 18.5 Å². The zero-order chi connectivity index (χ0) is 22.7. The molecular formula is C23H20FN3O4S. The van der Waals surface area contributed by atoms with Gasteiger partial charge in [-0.05, 0) is 56.3 Å². The summed E-state index contributed by atoms with van der Waals surface area (Å²) in [5, 5.41) is 7.95. The van der Waals surface area contributed by atoms with E-state index in [0.29, 0.717) is 28.6 Å². The highest BCUT2D eigenvalue weighted by Gasteiger charge is 2.19. The van der Waals surface area contributed by atoms with E-state index in [2.05, 4.69) is 10.4 Å². The molecule has 2 heterocycles. The van der Waals surface area contributed by atoms with Crippen LogP contribution in [0.5, 0.6) is 5.75 Å². The summed E-state index contributed by atoms with van der Waals surface area (Å²) in [6.45, 7) is 3.70. The summed E-state index contributed by atoms with van der Waals surface area (Å²) >= 11 is 1.20. The van der Waals surface area contributed by atoms with E-state index < -0.39 is 18.5 Å². The Kier molecular flexibility index (Phi) is 6.18. The second-order valence-electron chi connectivity index (χ2n) is 6.86. The first-order chi connectivity index (χ1) is 15.5. The number of benzene rings is 2. The topological polar surface area (TPSA) is 82.4 Å². The standard InChI is InChI=1S/C23H20FN3O4S/c1-3-30-19-7-5-4-6-18(19)25-21(28)13-31-23(29)20-12-17-14(2)26-27(22(17)32-20)16-10-8-15(24)9-11-16/h4-12H,3,13H2,1-2H3,(H,25,28). The van der Waals surface area contributed by atoms with Crippen molar-refractivity contribution >= 4 is 39.1 Å². The molecule has 0 spiro atoms. The zero-order valence-corrected chi connectivity index (χ0v) is 18.2. The average molecular weight is 453 g/mol. The van der Waals surface area contributed by atoms with Crippen molar-refractivity contribution < 1.29 is 23.5 Å². The van der Waals surface area contributed by atoms with Crippen LogP contribution in [0.15, 0.2) is 54.6 Å². The Morgan fingerprint density at radius 2 is 1.91 bits per heavy atom. The summed E-state index contributed by atoms with van der Waals surface area (Å²) in [6, 6.07) is 14.6. The lowest BCUT2D eigenvalue weighted by Crippen LogP contribution is -2.21. The molecule has 4 aromatic rings. The van der Waals surface area contributed by atoms with Gasteiger partial charge in [0.2, 0.25) is 0 Å². The molecule has 0 fully saturated rings. The minimum Gasteiger partial charge on any atom is -0.492 e. The Morgan fingerprint density at radius 3 is 2.66 bits per heavy atom. The van der Waals surface area contributed by atoms with E-state index in [1.54, 1.807) is 47.1 Å². The summed E-state index contributed by atoms with van der Waals surface area (Å²) < 4.78 is 25.6. The molecule has 0 atom stereocenters. The second-order valence-corrected chi connectivity index (χ2v) is 7.89. The van der Waals surface area contributed by atoms with Crippen molar-refractivity contribution in [1.29, 1.82) is 0 Å². The first kappa shape index (κ1) is 21.5. The third-order valence-corrected chi connectivity index (χ3v) is 5.70. The van der Waals surface area contributed by atoms with Crippen molar-refractivity contribution in [3.63, 3.8) is 0 Å². The molecule has 0 bridgehead atoms. The molecule has 0 aliphatic heterocycles. The predicted molar refractivity (Wildman–Crippen MR) is 120 cm³/mol. The van der Waals surface area contributed by atoms with Gasteiger partial charge in [-0.15, -0.1) is 11.3 Å². The number of aromatic nitrogens is 2. The Morgan fingerprint density at radius 1 is 1.16 bits per heavy atom. The summed E-state index contributed by atoms with van der Waals surface area (Å²) in [5.41, 5.74) is 1.91. The molecule has 1 N–H and O–H groups in total. The number of fused-ring (bicyclic) bond motifs is 1. The number of anilines is 1. The fourth-order valence-corrected chi connectivity index (χ4v) is 4.22. The molecule has 0 saturated heterocycles. The van der Waals surface area contributed by atoms with Crippen LogP contribution in [0, 0.1) is 12.7 Å². The molecule has 7 nitrogen and oxygen atoms in total. The highest BCUT2D eigenvalue weighted by atomic mass is 32.1. The first-order valence-electron chi connectivity index (χ1n) is 9.90. The molecule has 32 heavy (non-hydrogen) atoms. The number of amides is 1. The van der Waals surface area contributed by atoms with Crippen LogP contribution < -0.4 is 10.1 Å². The van der Waals surface area contributed by atoms with E-state index in [-0.39, 0.29) is 5.82 Å². The number of nitrogens with zero attached hydrogens (tertiary/aromatic N) is 2. The fourth-order valence-electron chi connectivity index (χ4n) is 3.14. The molecular weight excluding hydrogens is 433 g/mol. The van der Waals surface area contributed by atoms with Gasteiger partial charge in [-0.3, -0.25) is 4.79 Å². The number of aryl methyl sites for hydroxylation is 1. The molecule has 9 heteroatoms. The van der Waals surface area contributed by atoms with Gasteiger partial charge in [0.05, 0.1) is 23.7 Å². The van der Waals surface area contributed by atoms with Gasteiger partial charge in [0, 0.05) is 5.39 Å². The number of ether oxygens (including phenoxy) is 2. The maximum Gasteiger partial charge on any atom is 0.348 e. The van der Waals surface area contributed by atoms with Gasteiger partial charge in [0.1, 0.15) is 21.3 Å². The third-order valence-electron chi connectivity index (χ3n) is 4.61. The Bertz CT molecular complexity index is 1280. The Balaban J connectivity index is 1.46. The van der Waals surface area contributed by atoms with E-state index in [0.717, 1.165) is 15.9 Å². The van der Waals surface area contributed by atoms with Crippen molar-refractivity contribution in [2.24, 2.45) is 0 Å². The van der Waals surface area contributed by atoms with Crippen LogP contribution in [0.1, 0.15) is 22.3 Å². The van der Waals surface area contributed by atoms with Gasteiger partial charge in [-0.1, -0.05) is 12.1 Å². The van der Waals surface area contributed by atoms with Crippen LogP contribution >= 0.6 is 11.3 Å². The normalized spacial score (nSPS) is 10.8. The SMILES string of the molecule is CCOc1ccccc1NC(=O)COC(=O)c1cc2c(C)nn(-c3ccc(F)cc3)c2s1. The van der Waals surface area contributed by atoms with Gasteiger partial charge in [0.25, 0.3) is 5.91 Å². The molecule has 0 saturated carbocycles. The van der Waals surface area contributed by atoms with Crippen LogP contribution in [0.25, 0.3) is 15.9 Å². The Hall–Kier alpha value is -3.72. The number of hydrogen-bond acceptors (Lipinski definition) is 6. The van der Waals surface area contributed by atoms with Crippen molar-refractivity contribution in [1.82, 2.24) is 9.78 Å². The molecule has 0 unspecified atom stereocenters. The fraction of sp³-hybridized carbons (Fsp3) is 0.174. The van der Waals surface area contributed by atoms with E-state index >= 15 is 0 Å². The van der Waals surface area contributed by atoms with E-state index in [9.17, 15) is 14.0 Å². The number of esters is 1. The third kappa shape index (κ3) is 4.47. The van der Waals surface area contributed by atoms with Crippen LogP contribution in [0.3, 0.4) is 0 Å². The number of rotatable bonds is 7. The van der Waals surface area contributed by atoms with Crippen LogP contribution in [0.2, 0.25) is 0 Å². The minimum absolute atomic E-state index is 0.341. The van der Waals surface area contributed by atoms with Crippen molar-refractivity contribution in [2.45, 2.75) is 13.8 Å². The lowest BCUT2D eigenvalue weighted by atomic mass is 10.3. The maximum atomic E-state index is 13.3. The highest BCUT2D eigenvalue weighted by Crippen LogP contribution is 2.31. The molecule has 1 amide bonds. The summed E-state index contributed by atoms with van der Waals surface area (Å²) in [5.74, 6) is -0.878. The maximum absolute atomic E-state index is 13.3.